The van der Waals surface area contributed by atoms with Crippen molar-refractivity contribution in [2.45, 2.75) is 13.5 Å². The number of aromatic nitrogens is 1. The van der Waals surface area contributed by atoms with Gasteiger partial charge in [0.25, 0.3) is 0 Å². The van der Waals surface area contributed by atoms with Gasteiger partial charge in [-0.15, -0.1) is 11.3 Å². The van der Waals surface area contributed by atoms with Gasteiger partial charge < -0.3 is 10.1 Å². The molecule has 0 aliphatic carbocycles. The van der Waals surface area contributed by atoms with Crippen molar-refractivity contribution in [2.24, 2.45) is 0 Å². The van der Waals surface area contributed by atoms with Gasteiger partial charge in [0, 0.05) is 17.1 Å². The lowest BCUT2D eigenvalue weighted by atomic mass is 10.2. The standard InChI is InChI=1S/C21H17N3O2S/c1-15-23-19(14-27-15)13-26-20-4-2-3-16(11-20)7-10-21(25)24-18-8-5-17(12-22)6-9-18/h2-11,14H,13H2,1H3,(H,24,25)/b10-7+. The summed E-state index contributed by atoms with van der Waals surface area (Å²) < 4.78 is 5.75. The lowest BCUT2D eigenvalue weighted by molar-refractivity contribution is -0.111. The minimum absolute atomic E-state index is 0.246. The molecule has 3 aromatic rings. The highest BCUT2D eigenvalue weighted by Gasteiger charge is 2.02. The molecule has 1 heterocycles. The summed E-state index contributed by atoms with van der Waals surface area (Å²) in [5.74, 6) is 0.472. The Kier molecular flexibility index (Phi) is 5.98. The van der Waals surface area contributed by atoms with Crippen molar-refractivity contribution in [1.29, 1.82) is 5.26 Å². The van der Waals surface area contributed by atoms with E-state index in [0.717, 1.165) is 22.0 Å². The van der Waals surface area contributed by atoms with Crippen LogP contribution in [0.5, 0.6) is 5.75 Å². The smallest absolute Gasteiger partial charge is 0.248 e. The predicted molar refractivity (Wildman–Crippen MR) is 106 cm³/mol. The van der Waals surface area contributed by atoms with Crippen LogP contribution in [0.4, 0.5) is 5.69 Å². The highest BCUT2D eigenvalue weighted by molar-refractivity contribution is 7.09. The van der Waals surface area contributed by atoms with E-state index in [9.17, 15) is 4.79 Å². The monoisotopic (exact) mass is 375 g/mol. The Labute approximate surface area is 161 Å². The van der Waals surface area contributed by atoms with Crippen molar-refractivity contribution in [3.63, 3.8) is 0 Å². The highest BCUT2D eigenvalue weighted by atomic mass is 32.1. The number of nitrogens with zero attached hydrogens (tertiary/aromatic N) is 2. The average molecular weight is 375 g/mol. The maximum Gasteiger partial charge on any atom is 0.248 e. The van der Waals surface area contributed by atoms with Gasteiger partial charge in [0.2, 0.25) is 5.91 Å². The second-order valence-corrected chi connectivity index (χ2v) is 6.79. The van der Waals surface area contributed by atoms with Crippen LogP contribution in [0.25, 0.3) is 6.08 Å². The Morgan fingerprint density at radius 2 is 2.11 bits per heavy atom. The maximum atomic E-state index is 12.0. The molecule has 0 atom stereocenters. The number of hydrogen-bond acceptors (Lipinski definition) is 5. The number of aryl methyl sites for hydroxylation is 1. The number of benzene rings is 2. The molecule has 0 aliphatic rings. The van der Waals surface area contributed by atoms with E-state index in [1.54, 1.807) is 41.7 Å². The fraction of sp³-hybridized carbons (Fsp3) is 0.0952. The lowest BCUT2D eigenvalue weighted by Gasteiger charge is -2.05. The Morgan fingerprint density at radius 3 is 2.81 bits per heavy atom. The molecule has 27 heavy (non-hydrogen) atoms. The van der Waals surface area contributed by atoms with Crippen LogP contribution < -0.4 is 10.1 Å². The second-order valence-electron chi connectivity index (χ2n) is 5.73. The number of anilines is 1. The molecule has 0 unspecified atom stereocenters. The number of ether oxygens (including phenoxy) is 1. The van der Waals surface area contributed by atoms with Crippen LogP contribution in [0.2, 0.25) is 0 Å². The van der Waals surface area contributed by atoms with Gasteiger partial charge in [0.15, 0.2) is 0 Å². The molecule has 1 N–H and O–H groups in total. The summed E-state index contributed by atoms with van der Waals surface area (Å²) in [7, 11) is 0. The fourth-order valence-corrected chi connectivity index (χ4v) is 2.92. The predicted octanol–water partition coefficient (Wildman–Crippen LogP) is 4.55. The van der Waals surface area contributed by atoms with Crippen molar-refractivity contribution in [3.8, 4) is 11.8 Å². The van der Waals surface area contributed by atoms with E-state index in [0.29, 0.717) is 17.9 Å². The minimum atomic E-state index is -0.246. The normalized spacial score (nSPS) is 10.5. The van der Waals surface area contributed by atoms with Crippen molar-refractivity contribution in [1.82, 2.24) is 4.98 Å². The number of amides is 1. The fourth-order valence-electron chi connectivity index (χ4n) is 2.32. The molecular formula is C21H17N3O2S. The van der Waals surface area contributed by atoms with Crippen molar-refractivity contribution < 1.29 is 9.53 Å². The molecule has 0 aliphatic heterocycles. The molecule has 134 valence electrons. The summed E-state index contributed by atoms with van der Waals surface area (Å²) in [6.07, 6.45) is 3.18. The Balaban J connectivity index is 1.57. The zero-order chi connectivity index (χ0) is 19.1. The quantitative estimate of drug-likeness (QED) is 0.641. The molecular weight excluding hydrogens is 358 g/mol. The van der Waals surface area contributed by atoms with Crippen LogP contribution in [0, 0.1) is 18.3 Å². The molecule has 3 rings (SSSR count). The van der Waals surface area contributed by atoms with Gasteiger partial charge >= 0.3 is 0 Å². The Hall–Kier alpha value is -3.43. The van der Waals surface area contributed by atoms with E-state index < -0.39 is 0 Å². The molecule has 1 amide bonds. The molecule has 2 aromatic carbocycles. The number of nitrogens with one attached hydrogen (secondary N) is 1. The number of thiazole rings is 1. The van der Waals surface area contributed by atoms with E-state index in [1.807, 2.05) is 42.6 Å². The number of nitriles is 1. The average Bonchev–Trinajstić information content (AvgIpc) is 3.11. The number of carbonyl (C=O) groups is 1. The molecule has 0 radical (unpaired) electrons. The lowest BCUT2D eigenvalue weighted by Crippen LogP contribution is -2.07. The maximum absolute atomic E-state index is 12.0. The van der Waals surface area contributed by atoms with E-state index in [-0.39, 0.29) is 5.91 Å². The first-order chi connectivity index (χ1) is 13.1. The first kappa shape index (κ1) is 18.4. The summed E-state index contributed by atoms with van der Waals surface area (Å²) >= 11 is 1.59. The van der Waals surface area contributed by atoms with Crippen LogP contribution in [-0.2, 0) is 11.4 Å². The highest BCUT2D eigenvalue weighted by Crippen LogP contribution is 2.17. The van der Waals surface area contributed by atoms with E-state index in [2.05, 4.69) is 10.3 Å². The molecule has 0 saturated carbocycles. The van der Waals surface area contributed by atoms with E-state index in [1.165, 1.54) is 6.08 Å². The van der Waals surface area contributed by atoms with Crippen molar-refractivity contribution >= 4 is 29.0 Å². The summed E-state index contributed by atoms with van der Waals surface area (Å²) in [6.45, 7) is 2.37. The summed E-state index contributed by atoms with van der Waals surface area (Å²) in [5, 5.41) is 14.5. The van der Waals surface area contributed by atoms with Crippen molar-refractivity contribution in [3.05, 3.63) is 81.8 Å². The Bertz CT molecular complexity index is 1000. The molecule has 0 saturated heterocycles. The van der Waals surface area contributed by atoms with E-state index in [4.69, 9.17) is 10.00 Å². The zero-order valence-corrected chi connectivity index (χ0v) is 15.5. The van der Waals surface area contributed by atoms with Gasteiger partial charge in [-0.05, 0) is 55.0 Å². The van der Waals surface area contributed by atoms with Gasteiger partial charge in [-0.25, -0.2) is 4.98 Å². The Morgan fingerprint density at radius 1 is 1.30 bits per heavy atom. The summed E-state index contributed by atoms with van der Waals surface area (Å²) in [4.78, 5) is 16.4. The second kappa shape index (κ2) is 8.79. The van der Waals surface area contributed by atoms with Crippen LogP contribution in [0.15, 0.2) is 60.0 Å². The summed E-state index contributed by atoms with van der Waals surface area (Å²) in [6, 6.07) is 16.2. The molecule has 0 bridgehead atoms. The molecule has 1 aromatic heterocycles. The van der Waals surface area contributed by atoms with Gasteiger partial charge in [-0.2, -0.15) is 5.26 Å². The number of carbonyl (C=O) groups excluding carboxylic acids is 1. The van der Waals surface area contributed by atoms with Crippen LogP contribution in [0.3, 0.4) is 0 Å². The third-order valence-corrected chi connectivity index (χ3v) is 4.44. The van der Waals surface area contributed by atoms with Gasteiger partial charge in [0.1, 0.15) is 12.4 Å². The molecule has 5 nitrogen and oxygen atoms in total. The van der Waals surface area contributed by atoms with Gasteiger partial charge in [-0.3, -0.25) is 4.79 Å². The van der Waals surface area contributed by atoms with Crippen molar-refractivity contribution in [2.75, 3.05) is 5.32 Å². The number of rotatable bonds is 6. The molecule has 0 fully saturated rings. The van der Waals surface area contributed by atoms with Gasteiger partial charge in [-0.1, -0.05) is 12.1 Å². The summed E-state index contributed by atoms with van der Waals surface area (Å²) in [5.41, 5.74) is 2.95. The third-order valence-electron chi connectivity index (χ3n) is 3.62. The third kappa shape index (κ3) is 5.53. The zero-order valence-electron chi connectivity index (χ0n) is 14.7. The minimum Gasteiger partial charge on any atom is -0.487 e. The van der Waals surface area contributed by atoms with Gasteiger partial charge in [0.05, 0.1) is 22.3 Å². The molecule has 0 spiro atoms. The SMILES string of the molecule is Cc1nc(COc2cccc(/C=C/C(=O)Nc3ccc(C#N)cc3)c2)cs1. The van der Waals surface area contributed by atoms with E-state index >= 15 is 0 Å². The number of hydrogen-bond donors (Lipinski definition) is 1. The topological polar surface area (TPSA) is 75.0 Å². The first-order valence-electron chi connectivity index (χ1n) is 8.25. The van der Waals surface area contributed by atoms with Crippen LogP contribution in [-0.4, -0.2) is 10.9 Å². The molecule has 6 heteroatoms. The van der Waals surface area contributed by atoms with Crippen LogP contribution in [0.1, 0.15) is 21.8 Å². The first-order valence-corrected chi connectivity index (χ1v) is 9.13. The van der Waals surface area contributed by atoms with Crippen LogP contribution >= 0.6 is 11.3 Å². The largest absolute Gasteiger partial charge is 0.487 e.